The largest absolute Gasteiger partial charge is 0.494 e. The van der Waals surface area contributed by atoms with E-state index in [2.05, 4.69) is 0 Å². The number of hydrogen-bond acceptors (Lipinski definition) is 3. The normalized spacial score (nSPS) is 9.64. The summed E-state index contributed by atoms with van der Waals surface area (Å²) < 4.78 is 15.9. The van der Waals surface area contributed by atoms with Crippen LogP contribution in [0.4, 0.5) is 0 Å². The summed E-state index contributed by atoms with van der Waals surface area (Å²) in [7, 11) is 1.62. The molecule has 0 N–H and O–H groups in total. The summed E-state index contributed by atoms with van der Waals surface area (Å²) in [6.07, 6.45) is 0. The second-order valence-electron chi connectivity index (χ2n) is 2.68. The second kappa shape index (κ2) is 5.37. The molecule has 3 heteroatoms. The van der Waals surface area contributed by atoms with Gasteiger partial charge in [-0.25, -0.2) is 0 Å². The summed E-state index contributed by atoms with van der Waals surface area (Å²) in [5.41, 5.74) is 0. The molecule has 14 heavy (non-hydrogen) atoms. The van der Waals surface area contributed by atoms with E-state index >= 15 is 0 Å². The van der Waals surface area contributed by atoms with E-state index in [1.165, 1.54) is 0 Å². The molecule has 0 saturated carbocycles. The predicted octanol–water partition coefficient (Wildman–Crippen LogP) is 2.49. The quantitative estimate of drug-likeness (QED) is 0.724. The van der Waals surface area contributed by atoms with E-state index in [0.717, 1.165) is 17.2 Å². The van der Waals surface area contributed by atoms with E-state index in [4.69, 9.17) is 14.2 Å². The van der Waals surface area contributed by atoms with Crippen molar-refractivity contribution in [3.8, 4) is 17.2 Å². The molecule has 0 aliphatic heterocycles. The molecule has 0 bridgehead atoms. The Morgan fingerprint density at radius 1 is 1.00 bits per heavy atom. The van der Waals surface area contributed by atoms with Crippen molar-refractivity contribution < 1.29 is 14.2 Å². The first kappa shape index (κ1) is 10.7. The Labute approximate surface area is 84.6 Å². The van der Waals surface area contributed by atoms with Crippen molar-refractivity contribution in [2.24, 2.45) is 0 Å². The highest BCUT2D eigenvalue weighted by Gasteiger charge is 2.05. The van der Waals surface area contributed by atoms with Crippen LogP contribution >= 0.6 is 0 Å². The minimum Gasteiger partial charge on any atom is -0.494 e. The Balaban J connectivity index is 2.88. The summed E-state index contributed by atoms with van der Waals surface area (Å²) >= 11 is 0. The molecule has 0 aliphatic carbocycles. The molecule has 1 aromatic carbocycles. The molecule has 1 rings (SSSR count). The van der Waals surface area contributed by atoms with Gasteiger partial charge in [-0.2, -0.15) is 0 Å². The van der Waals surface area contributed by atoms with Crippen LogP contribution in [0.3, 0.4) is 0 Å². The smallest absolute Gasteiger partial charge is 0.164 e. The molecule has 1 aromatic rings. The Kier molecular flexibility index (Phi) is 4.11. The summed E-state index contributed by atoms with van der Waals surface area (Å²) in [6.45, 7) is 5.15. The van der Waals surface area contributed by atoms with Crippen LogP contribution in [-0.2, 0) is 0 Å². The molecule has 0 atom stereocenters. The monoisotopic (exact) mass is 196 g/mol. The highest BCUT2D eigenvalue weighted by atomic mass is 16.5. The molecule has 0 unspecified atom stereocenters. The molecular formula is C11H16O3. The van der Waals surface area contributed by atoms with Gasteiger partial charge in [0.05, 0.1) is 20.3 Å². The van der Waals surface area contributed by atoms with Crippen molar-refractivity contribution in [3.63, 3.8) is 0 Å². The number of rotatable bonds is 5. The molecule has 0 radical (unpaired) electrons. The van der Waals surface area contributed by atoms with E-state index in [1.807, 2.05) is 32.0 Å². The Hall–Kier alpha value is -1.38. The third kappa shape index (κ3) is 2.55. The van der Waals surface area contributed by atoms with Crippen LogP contribution in [0.2, 0.25) is 0 Å². The van der Waals surface area contributed by atoms with Crippen LogP contribution in [0, 0.1) is 0 Å². The minimum atomic E-state index is 0.617. The topological polar surface area (TPSA) is 27.7 Å². The fraction of sp³-hybridized carbons (Fsp3) is 0.455. The van der Waals surface area contributed by atoms with E-state index in [1.54, 1.807) is 7.11 Å². The standard InChI is InChI=1S/C11H16O3/c1-4-13-9-6-7-10(12-3)11(8-9)14-5-2/h6-8H,4-5H2,1-3H3. The molecular weight excluding hydrogens is 180 g/mol. The first-order chi connectivity index (χ1) is 6.81. The van der Waals surface area contributed by atoms with Gasteiger partial charge in [0.2, 0.25) is 0 Å². The number of methoxy groups -OCH3 is 1. The molecule has 0 spiro atoms. The lowest BCUT2D eigenvalue weighted by Crippen LogP contribution is -1.97. The van der Waals surface area contributed by atoms with Gasteiger partial charge >= 0.3 is 0 Å². The average molecular weight is 196 g/mol. The molecule has 0 aliphatic rings. The molecule has 0 heterocycles. The second-order valence-corrected chi connectivity index (χ2v) is 2.68. The zero-order valence-electron chi connectivity index (χ0n) is 8.87. The summed E-state index contributed by atoms with van der Waals surface area (Å²) in [6, 6.07) is 5.55. The van der Waals surface area contributed by atoms with E-state index in [0.29, 0.717) is 13.2 Å². The molecule has 0 fully saturated rings. The van der Waals surface area contributed by atoms with Crippen molar-refractivity contribution >= 4 is 0 Å². The van der Waals surface area contributed by atoms with Gasteiger partial charge in [0.25, 0.3) is 0 Å². The lowest BCUT2D eigenvalue weighted by Gasteiger charge is -2.10. The summed E-state index contributed by atoms with van der Waals surface area (Å²) in [5.74, 6) is 2.26. The van der Waals surface area contributed by atoms with Gasteiger partial charge in [-0.1, -0.05) is 0 Å². The van der Waals surface area contributed by atoms with E-state index in [-0.39, 0.29) is 0 Å². The Morgan fingerprint density at radius 2 is 1.71 bits per heavy atom. The maximum atomic E-state index is 5.41. The van der Waals surface area contributed by atoms with Crippen LogP contribution in [0.15, 0.2) is 18.2 Å². The van der Waals surface area contributed by atoms with Crippen LogP contribution in [0.25, 0.3) is 0 Å². The van der Waals surface area contributed by atoms with E-state index in [9.17, 15) is 0 Å². The summed E-state index contributed by atoms with van der Waals surface area (Å²) in [5, 5.41) is 0. The number of benzene rings is 1. The Bertz CT molecular complexity index is 284. The Morgan fingerprint density at radius 3 is 2.29 bits per heavy atom. The third-order valence-electron chi connectivity index (χ3n) is 1.75. The molecule has 3 nitrogen and oxygen atoms in total. The first-order valence-corrected chi connectivity index (χ1v) is 4.75. The highest BCUT2D eigenvalue weighted by Crippen LogP contribution is 2.31. The van der Waals surface area contributed by atoms with Crippen molar-refractivity contribution in [2.45, 2.75) is 13.8 Å². The van der Waals surface area contributed by atoms with Gasteiger partial charge in [-0.15, -0.1) is 0 Å². The third-order valence-corrected chi connectivity index (χ3v) is 1.75. The molecule has 0 amide bonds. The lowest BCUT2D eigenvalue weighted by atomic mass is 10.3. The SMILES string of the molecule is CCOc1ccc(OC)c(OCC)c1. The van der Waals surface area contributed by atoms with Gasteiger partial charge in [0.15, 0.2) is 11.5 Å². The first-order valence-electron chi connectivity index (χ1n) is 4.75. The van der Waals surface area contributed by atoms with Crippen LogP contribution in [0.1, 0.15) is 13.8 Å². The lowest BCUT2D eigenvalue weighted by molar-refractivity contribution is 0.302. The van der Waals surface area contributed by atoms with Crippen LogP contribution < -0.4 is 14.2 Å². The maximum absolute atomic E-state index is 5.41. The predicted molar refractivity (Wildman–Crippen MR) is 55.3 cm³/mol. The summed E-state index contributed by atoms with van der Waals surface area (Å²) in [4.78, 5) is 0. The van der Waals surface area contributed by atoms with Gasteiger partial charge in [-0.3, -0.25) is 0 Å². The van der Waals surface area contributed by atoms with Crippen molar-refractivity contribution in [3.05, 3.63) is 18.2 Å². The van der Waals surface area contributed by atoms with Gasteiger partial charge in [0.1, 0.15) is 5.75 Å². The number of ether oxygens (including phenoxy) is 3. The van der Waals surface area contributed by atoms with Gasteiger partial charge < -0.3 is 14.2 Å². The molecule has 78 valence electrons. The zero-order chi connectivity index (χ0) is 10.4. The minimum absolute atomic E-state index is 0.617. The van der Waals surface area contributed by atoms with Crippen LogP contribution in [0.5, 0.6) is 17.2 Å². The van der Waals surface area contributed by atoms with Gasteiger partial charge in [-0.05, 0) is 26.0 Å². The fourth-order valence-electron chi connectivity index (χ4n) is 1.18. The van der Waals surface area contributed by atoms with Gasteiger partial charge in [0, 0.05) is 6.07 Å². The van der Waals surface area contributed by atoms with Crippen molar-refractivity contribution in [1.29, 1.82) is 0 Å². The number of hydrogen-bond donors (Lipinski definition) is 0. The molecule has 0 aromatic heterocycles. The van der Waals surface area contributed by atoms with Crippen molar-refractivity contribution in [1.82, 2.24) is 0 Å². The highest BCUT2D eigenvalue weighted by molar-refractivity contribution is 5.45. The van der Waals surface area contributed by atoms with Crippen LogP contribution in [-0.4, -0.2) is 20.3 Å². The fourth-order valence-corrected chi connectivity index (χ4v) is 1.18. The maximum Gasteiger partial charge on any atom is 0.164 e. The zero-order valence-corrected chi connectivity index (χ0v) is 8.87. The van der Waals surface area contributed by atoms with Crippen molar-refractivity contribution in [2.75, 3.05) is 20.3 Å². The van der Waals surface area contributed by atoms with E-state index < -0.39 is 0 Å². The average Bonchev–Trinajstić information content (AvgIpc) is 2.19. The molecule has 0 saturated heterocycles.